The van der Waals surface area contributed by atoms with Crippen LogP contribution in [0, 0.1) is 6.92 Å². The Morgan fingerprint density at radius 3 is 1.77 bits per heavy atom. The van der Waals surface area contributed by atoms with Crippen molar-refractivity contribution in [1.29, 1.82) is 0 Å². The molecule has 0 aliphatic rings. The monoisotopic (exact) mass is 386 g/mol. The van der Waals surface area contributed by atoms with Crippen molar-refractivity contribution in [2.75, 3.05) is 0 Å². The van der Waals surface area contributed by atoms with E-state index >= 15 is 0 Å². The van der Waals surface area contributed by atoms with E-state index in [1.54, 1.807) is 25.1 Å². The van der Waals surface area contributed by atoms with Gasteiger partial charge in [-0.15, -0.1) is 0 Å². The highest BCUT2D eigenvalue weighted by atomic mass is 35.5. The molecule has 0 fully saturated rings. The normalized spacial score (nSPS) is 10.5. The van der Waals surface area contributed by atoms with Crippen molar-refractivity contribution in [3.63, 3.8) is 0 Å². The van der Waals surface area contributed by atoms with Crippen LogP contribution in [0.2, 0.25) is 5.02 Å². The van der Waals surface area contributed by atoms with Crippen molar-refractivity contribution in [2.24, 2.45) is 0 Å². The van der Waals surface area contributed by atoms with Gasteiger partial charge in [0.05, 0.1) is 21.7 Å². The number of carboxylic acids is 2. The number of benzene rings is 2. The molecular formula is C18H14ClF3O4. The lowest BCUT2D eigenvalue weighted by Gasteiger charge is -2.08. The molecule has 26 heavy (non-hydrogen) atoms. The third-order valence-electron chi connectivity index (χ3n) is 3.14. The Balaban J connectivity index is 0.000000263. The van der Waals surface area contributed by atoms with E-state index < -0.39 is 23.7 Å². The maximum absolute atomic E-state index is 12.0. The predicted molar refractivity (Wildman–Crippen MR) is 91.6 cm³/mol. The van der Waals surface area contributed by atoms with Crippen LogP contribution in [-0.2, 0) is 0 Å². The van der Waals surface area contributed by atoms with E-state index in [0.29, 0.717) is 5.56 Å². The molecule has 8 heteroatoms. The highest BCUT2D eigenvalue weighted by Crippen LogP contribution is 2.31. The lowest BCUT2D eigenvalue weighted by Crippen LogP contribution is -2.09. The molecule has 0 aliphatic carbocycles. The van der Waals surface area contributed by atoms with E-state index in [2.05, 4.69) is 6.58 Å². The van der Waals surface area contributed by atoms with Gasteiger partial charge < -0.3 is 10.2 Å². The summed E-state index contributed by atoms with van der Waals surface area (Å²) >= 11 is 5.61. The number of halogens is 4. The maximum Gasteiger partial charge on any atom is 0.416 e. The number of rotatable bonds is 3. The van der Waals surface area contributed by atoms with Crippen LogP contribution >= 0.6 is 11.6 Å². The van der Waals surface area contributed by atoms with Gasteiger partial charge in [0.2, 0.25) is 0 Å². The van der Waals surface area contributed by atoms with Crippen LogP contribution in [0.1, 0.15) is 31.8 Å². The Hall–Kier alpha value is -2.80. The summed E-state index contributed by atoms with van der Waals surface area (Å²) in [6.07, 6.45) is -4.33. The van der Waals surface area contributed by atoms with Crippen molar-refractivity contribution in [3.05, 3.63) is 76.3 Å². The Morgan fingerprint density at radius 1 is 1.00 bits per heavy atom. The van der Waals surface area contributed by atoms with Crippen molar-refractivity contribution in [1.82, 2.24) is 0 Å². The molecule has 0 spiro atoms. The van der Waals surface area contributed by atoms with Crippen LogP contribution in [0.3, 0.4) is 0 Å². The molecule has 0 aliphatic heterocycles. The number of alkyl halides is 3. The Labute approximate surface area is 152 Å². The quantitative estimate of drug-likeness (QED) is 0.750. The van der Waals surface area contributed by atoms with Crippen molar-refractivity contribution in [3.8, 4) is 0 Å². The van der Waals surface area contributed by atoms with Gasteiger partial charge in [-0.1, -0.05) is 48.5 Å². The Morgan fingerprint density at radius 2 is 1.42 bits per heavy atom. The van der Waals surface area contributed by atoms with Crippen molar-refractivity contribution >= 4 is 29.1 Å². The fraction of sp³-hybridized carbons (Fsp3) is 0.111. The van der Waals surface area contributed by atoms with Gasteiger partial charge in [-0.25, -0.2) is 9.59 Å². The van der Waals surface area contributed by atoms with E-state index in [4.69, 9.17) is 21.8 Å². The molecule has 0 atom stereocenters. The molecule has 2 aromatic rings. The summed E-state index contributed by atoms with van der Waals surface area (Å²) in [5, 5.41) is 17.2. The number of carbonyl (C=O) groups is 2. The number of allylic oxidation sites excluding steroid dienone is 1. The van der Waals surface area contributed by atoms with Crippen LogP contribution in [0.4, 0.5) is 13.2 Å². The van der Waals surface area contributed by atoms with E-state index in [9.17, 15) is 22.8 Å². The Kier molecular flexibility index (Phi) is 6.97. The highest BCUT2D eigenvalue weighted by Gasteiger charge is 2.32. The molecule has 0 unspecified atom stereocenters. The standard InChI is InChI=1S/C9H7ClO4.C9H7F3/c1-4-2-5(8(11)12)7(10)6(3-4)9(13)14;1-7(9(10,11)12)8-5-3-2-4-6-8/h2-3H,1H3,(H,11,12)(H,13,14);2-6H,1H2. The zero-order chi connectivity index (χ0) is 20.1. The highest BCUT2D eigenvalue weighted by molar-refractivity contribution is 6.36. The minimum Gasteiger partial charge on any atom is -0.478 e. The maximum atomic E-state index is 12.0. The van der Waals surface area contributed by atoms with Gasteiger partial charge in [-0.3, -0.25) is 0 Å². The number of hydrogen-bond donors (Lipinski definition) is 2. The van der Waals surface area contributed by atoms with Crippen LogP contribution in [-0.4, -0.2) is 28.3 Å². The third-order valence-corrected chi connectivity index (χ3v) is 3.55. The minimum absolute atomic E-state index is 0.116. The molecular weight excluding hydrogens is 373 g/mol. The molecule has 2 N–H and O–H groups in total. The predicted octanol–water partition coefficient (Wildman–Crippen LogP) is 5.31. The molecule has 4 nitrogen and oxygen atoms in total. The first kappa shape index (κ1) is 21.2. The molecule has 0 amide bonds. The number of carboxylic acid groups (broad SMARTS) is 2. The second kappa shape index (κ2) is 8.53. The first-order chi connectivity index (χ1) is 11.9. The first-order valence-corrected chi connectivity index (χ1v) is 7.41. The molecule has 0 heterocycles. The SMILES string of the molecule is C=C(c1ccccc1)C(F)(F)F.Cc1cc(C(=O)O)c(Cl)c(C(=O)O)c1. The van der Waals surface area contributed by atoms with Gasteiger partial charge in [0, 0.05) is 0 Å². The molecule has 2 aromatic carbocycles. The van der Waals surface area contributed by atoms with Gasteiger partial charge in [0.25, 0.3) is 0 Å². The molecule has 138 valence electrons. The summed E-state index contributed by atoms with van der Waals surface area (Å²) in [7, 11) is 0. The number of aromatic carboxylic acids is 2. The van der Waals surface area contributed by atoms with E-state index in [-0.39, 0.29) is 21.7 Å². The van der Waals surface area contributed by atoms with Gasteiger partial charge in [-0.05, 0) is 30.2 Å². The van der Waals surface area contributed by atoms with Crippen molar-refractivity contribution < 1.29 is 33.0 Å². The summed E-state index contributed by atoms with van der Waals surface area (Å²) in [6, 6.07) is 10.2. The summed E-state index contributed by atoms with van der Waals surface area (Å²) in [5.41, 5.74) is -0.523. The van der Waals surface area contributed by atoms with E-state index in [1.807, 2.05) is 0 Å². The minimum atomic E-state index is -4.33. The molecule has 0 saturated heterocycles. The van der Waals surface area contributed by atoms with Gasteiger partial charge in [-0.2, -0.15) is 13.2 Å². The fourth-order valence-electron chi connectivity index (χ4n) is 1.88. The van der Waals surface area contributed by atoms with Gasteiger partial charge in [0.15, 0.2) is 0 Å². The largest absolute Gasteiger partial charge is 0.478 e. The zero-order valence-electron chi connectivity index (χ0n) is 13.5. The number of hydrogen-bond acceptors (Lipinski definition) is 2. The van der Waals surface area contributed by atoms with Gasteiger partial charge >= 0.3 is 18.1 Å². The topological polar surface area (TPSA) is 74.6 Å². The van der Waals surface area contributed by atoms with Crippen LogP contribution in [0.25, 0.3) is 5.57 Å². The zero-order valence-corrected chi connectivity index (χ0v) is 14.2. The smallest absolute Gasteiger partial charge is 0.416 e. The molecule has 0 radical (unpaired) electrons. The summed E-state index contributed by atoms with van der Waals surface area (Å²) in [6.45, 7) is 4.58. The third kappa shape index (κ3) is 5.63. The molecule has 2 rings (SSSR count). The first-order valence-electron chi connectivity index (χ1n) is 7.03. The fourth-order valence-corrected chi connectivity index (χ4v) is 2.15. The molecule has 0 aromatic heterocycles. The summed E-state index contributed by atoms with van der Waals surface area (Å²) in [5.74, 6) is -2.47. The second-order valence-electron chi connectivity index (χ2n) is 5.13. The van der Waals surface area contributed by atoms with E-state index in [0.717, 1.165) is 0 Å². The summed E-state index contributed by atoms with van der Waals surface area (Å²) in [4.78, 5) is 21.3. The van der Waals surface area contributed by atoms with Crippen LogP contribution < -0.4 is 0 Å². The Bertz CT molecular complexity index is 795. The van der Waals surface area contributed by atoms with Crippen molar-refractivity contribution in [2.45, 2.75) is 13.1 Å². The molecule has 0 bridgehead atoms. The average molecular weight is 387 g/mol. The lowest BCUT2D eigenvalue weighted by atomic mass is 10.1. The van der Waals surface area contributed by atoms with E-state index in [1.165, 1.54) is 24.3 Å². The van der Waals surface area contributed by atoms with Crippen LogP contribution in [0.5, 0.6) is 0 Å². The number of aryl methyl sites for hydroxylation is 1. The summed E-state index contributed by atoms with van der Waals surface area (Å²) < 4.78 is 36.1. The lowest BCUT2D eigenvalue weighted by molar-refractivity contribution is -0.0686. The second-order valence-corrected chi connectivity index (χ2v) is 5.50. The van der Waals surface area contributed by atoms with Crippen LogP contribution in [0.15, 0.2) is 49.0 Å². The van der Waals surface area contributed by atoms with Gasteiger partial charge in [0.1, 0.15) is 0 Å². The molecule has 0 saturated carbocycles. The average Bonchev–Trinajstić information content (AvgIpc) is 2.56.